The molecule has 2 aliphatic heterocycles. The third-order valence-corrected chi connectivity index (χ3v) is 6.75. The van der Waals surface area contributed by atoms with Gasteiger partial charge in [0.1, 0.15) is 25.3 Å². The van der Waals surface area contributed by atoms with E-state index >= 15 is 0 Å². The quantitative estimate of drug-likeness (QED) is 0.316. The van der Waals surface area contributed by atoms with Crippen molar-refractivity contribution in [2.45, 2.75) is 25.9 Å². The van der Waals surface area contributed by atoms with Gasteiger partial charge in [-0.2, -0.15) is 0 Å². The number of ether oxygens (including phenoxy) is 2. The van der Waals surface area contributed by atoms with Gasteiger partial charge in [0.2, 0.25) is 11.8 Å². The van der Waals surface area contributed by atoms with Crippen molar-refractivity contribution in [2.75, 3.05) is 18.5 Å². The topological polar surface area (TPSA) is 55.2 Å². The van der Waals surface area contributed by atoms with Crippen LogP contribution in [0.4, 0.5) is 11.4 Å². The van der Waals surface area contributed by atoms with Crippen molar-refractivity contribution in [3.8, 4) is 0 Å². The maximum Gasteiger partial charge on any atom is 0.219 e. The maximum atomic E-state index is 6.11. The molecule has 0 bridgehead atoms. The highest BCUT2D eigenvalue weighted by Gasteiger charge is 2.26. The summed E-state index contributed by atoms with van der Waals surface area (Å²) in [6, 6.07) is 33.2. The monoisotopic (exact) mass is 487 g/mol. The van der Waals surface area contributed by atoms with Gasteiger partial charge in [-0.1, -0.05) is 83.9 Å². The lowest BCUT2D eigenvalue weighted by atomic mass is 10.1. The van der Waals surface area contributed by atoms with Crippen molar-refractivity contribution in [1.82, 2.24) is 0 Å². The van der Waals surface area contributed by atoms with E-state index in [2.05, 4.69) is 79.8 Å². The molecule has 4 aromatic carbocycles. The van der Waals surface area contributed by atoms with Crippen LogP contribution in [0.2, 0.25) is 0 Å². The van der Waals surface area contributed by atoms with E-state index in [9.17, 15) is 0 Å². The van der Waals surface area contributed by atoms with Crippen molar-refractivity contribution < 1.29 is 9.47 Å². The molecule has 2 heterocycles. The molecular formula is C32H29N3O2. The summed E-state index contributed by atoms with van der Waals surface area (Å²) in [4.78, 5) is 9.87. The fourth-order valence-corrected chi connectivity index (χ4v) is 4.77. The van der Waals surface area contributed by atoms with Crippen LogP contribution in [0.1, 0.15) is 45.5 Å². The molecule has 37 heavy (non-hydrogen) atoms. The lowest BCUT2D eigenvalue weighted by Gasteiger charge is -2.16. The van der Waals surface area contributed by atoms with Crippen LogP contribution in [0.5, 0.6) is 0 Å². The van der Waals surface area contributed by atoms with Crippen LogP contribution in [-0.2, 0) is 9.47 Å². The van der Waals surface area contributed by atoms with Crippen LogP contribution in [0.3, 0.4) is 0 Å². The predicted molar refractivity (Wildman–Crippen MR) is 149 cm³/mol. The largest absolute Gasteiger partial charge is 0.475 e. The zero-order valence-corrected chi connectivity index (χ0v) is 21.0. The van der Waals surface area contributed by atoms with Crippen LogP contribution in [0.15, 0.2) is 107 Å². The van der Waals surface area contributed by atoms with Gasteiger partial charge in [-0.25, -0.2) is 9.98 Å². The molecule has 0 saturated carbocycles. The minimum absolute atomic E-state index is 0.00402. The summed E-state index contributed by atoms with van der Waals surface area (Å²) in [5.41, 5.74) is 8.36. The molecule has 0 amide bonds. The second kappa shape index (κ2) is 9.94. The number of hydrogen-bond donors (Lipinski definition) is 1. The number of aryl methyl sites for hydroxylation is 2. The van der Waals surface area contributed by atoms with Crippen LogP contribution >= 0.6 is 0 Å². The Balaban J connectivity index is 1.33. The summed E-state index contributed by atoms with van der Waals surface area (Å²) in [5, 5.41) is 3.64. The number of anilines is 2. The van der Waals surface area contributed by atoms with Crippen molar-refractivity contribution in [3.05, 3.63) is 130 Å². The van der Waals surface area contributed by atoms with E-state index in [4.69, 9.17) is 19.5 Å². The van der Waals surface area contributed by atoms with E-state index in [1.165, 1.54) is 0 Å². The molecule has 0 spiro atoms. The van der Waals surface area contributed by atoms with Gasteiger partial charge in [-0.15, -0.1) is 0 Å². The molecule has 0 aromatic heterocycles. The first-order valence-corrected chi connectivity index (χ1v) is 12.6. The van der Waals surface area contributed by atoms with Gasteiger partial charge >= 0.3 is 0 Å². The normalized spacial score (nSPS) is 18.5. The predicted octanol–water partition coefficient (Wildman–Crippen LogP) is 7.08. The third-order valence-electron chi connectivity index (χ3n) is 6.75. The SMILES string of the molecule is Cc1ccc(Nc2ccc(C)cc2C2=NC(c3ccccc3)CO2)c(C2=NC(c3ccccc3)CO2)c1. The number of rotatable bonds is 6. The van der Waals surface area contributed by atoms with E-state index in [1.54, 1.807) is 0 Å². The Bertz CT molecular complexity index is 1370. The zero-order valence-electron chi connectivity index (χ0n) is 21.0. The van der Waals surface area contributed by atoms with Crippen LogP contribution < -0.4 is 5.32 Å². The Morgan fingerprint density at radius 2 is 1.03 bits per heavy atom. The molecule has 2 aliphatic rings. The molecule has 0 radical (unpaired) electrons. The van der Waals surface area contributed by atoms with Gasteiger partial charge in [0.05, 0.1) is 22.5 Å². The number of benzene rings is 4. The summed E-state index contributed by atoms with van der Waals surface area (Å²) >= 11 is 0. The first kappa shape index (κ1) is 23.0. The highest BCUT2D eigenvalue weighted by molar-refractivity contribution is 6.04. The molecule has 2 unspecified atom stereocenters. The number of hydrogen-bond acceptors (Lipinski definition) is 5. The minimum atomic E-state index is -0.00402. The Kier molecular flexibility index (Phi) is 6.19. The molecule has 4 aromatic rings. The third kappa shape index (κ3) is 4.85. The Labute approximate surface area is 217 Å². The van der Waals surface area contributed by atoms with E-state index in [0.717, 1.165) is 44.8 Å². The summed E-state index contributed by atoms with van der Waals surface area (Å²) in [7, 11) is 0. The molecule has 5 heteroatoms. The summed E-state index contributed by atoms with van der Waals surface area (Å²) in [6.45, 7) is 5.24. The summed E-state index contributed by atoms with van der Waals surface area (Å²) in [6.07, 6.45) is 0. The molecular weight excluding hydrogens is 458 g/mol. The van der Waals surface area contributed by atoms with Gasteiger partial charge < -0.3 is 14.8 Å². The highest BCUT2D eigenvalue weighted by Crippen LogP contribution is 2.33. The number of aliphatic imine (C=N–C) groups is 2. The Morgan fingerprint density at radius 3 is 1.46 bits per heavy atom. The van der Waals surface area contributed by atoms with Gasteiger partial charge in [-0.3, -0.25) is 0 Å². The molecule has 0 saturated heterocycles. The lowest BCUT2D eigenvalue weighted by Crippen LogP contribution is -2.09. The number of nitrogens with one attached hydrogen (secondary N) is 1. The molecule has 184 valence electrons. The van der Waals surface area contributed by atoms with Crippen molar-refractivity contribution in [3.63, 3.8) is 0 Å². The van der Waals surface area contributed by atoms with Crippen molar-refractivity contribution >= 4 is 23.2 Å². The first-order valence-electron chi connectivity index (χ1n) is 12.6. The van der Waals surface area contributed by atoms with Gasteiger partial charge in [0, 0.05) is 0 Å². The fraction of sp³-hybridized carbons (Fsp3) is 0.188. The molecule has 0 aliphatic carbocycles. The Morgan fingerprint density at radius 1 is 0.595 bits per heavy atom. The lowest BCUT2D eigenvalue weighted by molar-refractivity contribution is 0.320. The van der Waals surface area contributed by atoms with Gasteiger partial charge in [0.15, 0.2) is 0 Å². The smallest absolute Gasteiger partial charge is 0.219 e. The van der Waals surface area contributed by atoms with Crippen LogP contribution in [0.25, 0.3) is 0 Å². The number of nitrogens with zero attached hydrogens (tertiary/aromatic N) is 2. The summed E-state index contributed by atoms with van der Waals surface area (Å²) in [5.74, 6) is 1.32. The molecule has 6 rings (SSSR count). The van der Waals surface area contributed by atoms with E-state index in [0.29, 0.717) is 25.0 Å². The molecule has 1 N–H and O–H groups in total. The van der Waals surface area contributed by atoms with Crippen LogP contribution in [-0.4, -0.2) is 25.0 Å². The van der Waals surface area contributed by atoms with E-state index < -0.39 is 0 Å². The second-order valence-electron chi connectivity index (χ2n) is 9.57. The molecule has 2 atom stereocenters. The molecule has 0 fully saturated rings. The highest BCUT2D eigenvalue weighted by atomic mass is 16.5. The van der Waals surface area contributed by atoms with Gasteiger partial charge in [0.25, 0.3) is 0 Å². The standard InChI is InChI=1S/C32H29N3O2/c1-21-13-15-27(25(17-21)31-34-29(19-36-31)23-9-5-3-6-10-23)33-28-16-14-22(2)18-26(28)32-35-30(20-37-32)24-11-7-4-8-12-24/h3-18,29-30,33H,19-20H2,1-2H3. The maximum absolute atomic E-state index is 6.11. The molecule has 5 nitrogen and oxygen atoms in total. The second-order valence-corrected chi connectivity index (χ2v) is 9.57. The van der Waals surface area contributed by atoms with Crippen molar-refractivity contribution in [1.29, 1.82) is 0 Å². The van der Waals surface area contributed by atoms with Gasteiger partial charge in [-0.05, 0) is 49.2 Å². The average molecular weight is 488 g/mol. The van der Waals surface area contributed by atoms with E-state index in [-0.39, 0.29) is 12.1 Å². The zero-order chi connectivity index (χ0) is 25.2. The van der Waals surface area contributed by atoms with E-state index in [1.807, 2.05) is 36.4 Å². The first-order chi connectivity index (χ1) is 18.1. The van der Waals surface area contributed by atoms with Crippen molar-refractivity contribution in [2.24, 2.45) is 9.98 Å². The fourth-order valence-electron chi connectivity index (χ4n) is 4.77. The summed E-state index contributed by atoms with van der Waals surface area (Å²) < 4.78 is 12.2. The minimum Gasteiger partial charge on any atom is -0.475 e. The Hall–Kier alpha value is -4.38. The van der Waals surface area contributed by atoms with Crippen LogP contribution in [0, 0.1) is 13.8 Å². The average Bonchev–Trinajstić information content (AvgIpc) is 3.62.